The molecule has 3 aromatic rings. The highest BCUT2D eigenvalue weighted by Crippen LogP contribution is 2.18. The van der Waals surface area contributed by atoms with E-state index in [-0.39, 0.29) is 18.5 Å². The molecule has 0 spiro atoms. The topological polar surface area (TPSA) is 93.8 Å². The zero-order valence-electron chi connectivity index (χ0n) is 16.4. The number of rotatable bonds is 9. The number of carbonyl (C=O) groups is 1. The highest BCUT2D eigenvalue weighted by molar-refractivity contribution is 5.76. The minimum atomic E-state index is -0.0977. The highest BCUT2D eigenvalue weighted by Gasteiger charge is 2.19. The van der Waals surface area contributed by atoms with Gasteiger partial charge in [-0.05, 0) is 48.3 Å². The minimum Gasteiger partial charge on any atom is -0.348 e. The van der Waals surface area contributed by atoms with Crippen LogP contribution in [0.5, 0.6) is 0 Å². The fraction of sp³-hybridized carbons (Fsp3) is 0.450. The molecule has 1 amide bonds. The zero-order chi connectivity index (χ0) is 19.9. The highest BCUT2D eigenvalue weighted by atomic mass is 16.2. The van der Waals surface area contributed by atoms with Crippen LogP contribution in [0.3, 0.4) is 0 Å². The standard InChI is InChI=1S/C20H26N8O/c29-20(15-28-19(23-24-25-28)14-26-10-4-5-11-26)22-18(17-6-2-1-3-7-17)8-12-27-13-9-21-16-27/h1-3,6-7,9,13,16,18H,4-5,8,10-12,14-15H2,(H,22,29)/t18-/m1/s1. The molecular weight excluding hydrogens is 368 g/mol. The van der Waals surface area contributed by atoms with E-state index in [1.165, 1.54) is 12.8 Å². The Morgan fingerprint density at radius 3 is 2.76 bits per heavy atom. The SMILES string of the molecule is O=C(Cn1nnnc1CN1CCCC1)N[C@H](CCn1ccnc1)c1ccccc1. The maximum absolute atomic E-state index is 12.8. The fourth-order valence-electron chi connectivity index (χ4n) is 3.68. The molecule has 29 heavy (non-hydrogen) atoms. The van der Waals surface area contributed by atoms with Crippen LogP contribution in [0, 0.1) is 0 Å². The van der Waals surface area contributed by atoms with Crippen molar-refractivity contribution in [2.45, 2.75) is 44.9 Å². The Hall–Kier alpha value is -3.07. The number of nitrogens with zero attached hydrogens (tertiary/aromatic N) is 7. The van der Waals surface area contributed by atoms with Gasteiger partial charge in [-0.25, -0.2) is 9.67 Å². The van der Waals surface area contributed by atoms with E-state index in [2.05, 4.69) is 30.7 Å². The van der Waals surface area contributed by atoms with Gasteiger partial charge in [0, 0.05) is 18.9 Å². The van der Waals surface area contributed by atoms with Crippen molar-refractivity contribution in [1.29, 1.82) is 0 Å². The maximum atomic E-state index is 12.8. The molecule has 3 heterocycles. The number of likely N-dealkylation sites (tertiary alicyclic amines) is 1. The lowest BCUT2D eigenvalue weighted by Gasteiger charge is -2.20. The van der Waals surface area contributed by atoms with Crippen molar-refractivity contribution in [1.82, 2.24) is 40.0 Å². The van der Waals surface area contributed by atoms with Gasteiger partial charge < -0.3 is 9.88 Å². The molecule has 1 N–H and O–H groups in total. The number of aromatic nitrogens is 6. The van der Waals surface area contributed by atoms with Crippen molar-refractivity contribution >= 4 is 5.91 Å². The second kappa shape index (κ2) is 9.42. The second-order valence-electron chi connectivity index (χ2n) is 7.36. The average Bonchev–Trinajstić information content (AvgIpc) is 3.50. The van der Waals surface area contributed by atoms with Crippen molar-refractivity contribution in [2.24, 2.45) is 0 Å². The molecule has 1 saturated heterocycles. The Bertz CT molecular complexity index is 886. The lowest BCUT2D eigenvalue weighted by Crippen LogP contribution is -2.33. The smallest absolute Gasteiger partial charge is 0.242 e. The van der Waals surface area contributed by atoms with Gasteiger partial charge in [-0.15, -0.1) is 5.10 Å². The number of nitrogens with one attached hydrogen (secondary N) is 1. The molecule has 0 radical (unpaired) electrons. The lowest BCUT2D eigenvalue weighted by molar-refractivity contribution is -0.122. The molecule has 0 saturated carbocycles. The van der Waals surface area contributed by atoms with E-state index in [1.807, 2.05) is 41.1 Å². The number of hydrogen-bond acceptors (Lipinski definition) is 6. The normalized spacial score (nSPS) is 15.4. The van der Waals surface area contributed by atoms with E-state index >= 15 is 0 Å². The first-order valence-corrected chi connectivity index (χ1v) is 10.1. The van der Waals surface area contributed by atoms with E-state index < -0.39 is 0 Å². The Balaban J connectivity index is 1.39. The largest absolute Gasteiger partial charge is 0.348 e. The van der Waals surface area contributed by atoms with Crippen molar-refractivity contribution in [3.63, 3.8) is 0 Å². The Morgan fingerprint density at radius 2 is 2.00 bits per heavy atom. The summed E-state index contributed by atoms with van der Waals surface area (Å²) in [4.78, 5) is 19.2. The summed E-state index contributed by atoms with van der Waals surface area (Å²) in [5.74, 6) is 0.635. The molecule has 2 aromatic heterocycles. The number of amides is 1. The second-order valence-corrected chi connectivity index (χ2v) is 7.36. The maximum Gasteiger partial charge on any atom is 0.242 e. The Labute approximate surface area is 169 Å². The summed E-state index contributed by atoms with van der Waals surface area (Å²) in [6, 6.07) is 9.93. The summed E-state index contributed by atoms with van der Waals surface area (Å²) in [6.07, 6.45) is 8.65. The van der Waals surface area contributed by atoms with Gasteiger partial charge in [0.05, 0.1) is 18.9 Å². The zero-order valence-corrected chi connectivity index (χ0v) is 16.4. The van der Waals surface area contributed by atoms with Crippen LogP contribution in [0.4, 0.5) is 0 Å². The van der Waals surface area contributed by atoms with Crippen molar-refractivity contribution in [3.05, 3.63) is 60.4 Å². The first kappa shape index (κ1) is 19.3. The molecule has 152 valence electrons. The molecule has 1 aliphatic heterocycles. The van der Waals surface area contributed by atoms with Crippen LogP contribution < -0.4 is 5.32 Å². The predicted molar refractivity (Wildman–Crippen MR) is 106 cm³/mol. The van der Waals surface area contributed by atoms with Gasteiger partial charge in [-0.3, -0.25) is 9.69 Å². The third-order valence-corrected chi connectivity index (χ3v) is 5.24. The molecule has 9 nitrogen and oxygen atoms in total. The van der Waals surface area contributed by atoms with E-state index in [1.54, 1.807) is 17.2 Å². The van der Waals surface area contributed by atoms with Gasteiger partial charge in [0.2, 0.25) is 5.91 Å². The molecule has 0 unspecified atom stereocenters. The third-order valence-electron chi connectivity index (χ3n) is 5.24. The third kappa shape index (κ3) is 5.26. The van der Waals surface area contributed by atoms with E-state index in [4.69, 9.17) is 0 Å². The summed E-state index contributed by atoms with van der Waals surface area (Å²) in [7, 11) is 0. The molecule has 9 heteroatoms. The van der Waals surface area contributed by atoms with Crippen LogP contribution in [-0.2, 0) is 24.4 Å². The van der Waals surface area contributed by atoms with E-state index in [0.29, 0.717) is 6.54 Å². The first-order valence-electron chi connectivity index (χ1n) is 10.1. The predicted octanol–water partition coefficient (Wildman–Crippen LogP) is 1.41. The molecule has 1 aliphatic rings. The van der Waals surface area contributed by atoms with E-state index in [9.17, 15) is 4.79 Å². The summed E-state index contributed by atoms with van der Waals surface area (Å²) < 4.78 is 3.61. The number of benzene rings is 1. The molecule has 1 aromatic carbocycles. The molecular formula is C20H26N8O. The van der Waals surface area contributed by atoms with Gasteiger partial charge >= 0.3 is 0 Å². The molecule has 0 bridgehead atoms. The van der Waals surface area contributed by atoms with Crippen LogP contribution in [-0.4, -0.2) is 53.7 Å². The van der Waals surface area contributed by atoms with Gasteiger partial charge in [-0.1, -0.05) is 30.3 Å². The van der Waals surface area contributed by atoms with Gasteiger partial charge in [0.15, 0.2) is 5.82 Å². The number of carbonyl (C=O) groups excluding carboxylic acids is 1. The molecule has 0 aliphatic carbocycles. The average molecular weight is 394 g/mol. The number of hydrogen-bond donors (Lipinski definition) is 1. The molecule has 1 fully saturated rings. The molecule has 1 atom stereocenters. The van der Waals surface area contributed by atoms with Crippen LogP contribution in [0.2, 0.25) is 0 Å². The van der Waals surface area contributed by atoms with Crippen LogP contribution in [0.25, 0.3) is 0 Å². The Morgan fingerprint density at radius 1 is 1.17 bits per heavy atom. The van der Waals surface area contributed by atoms with Crippen molar-refractivity contribution in [2.75, 3.05) is 13.1 Å². The van der Waals surface area contributed by atoms with Crippen LogP contribution in [0.1, 0.15) is 36.7 Å². The summed E-state index contributed by atoms with van der Waals surface area (Å²) in [5.41, 5.74) is 1.08. The number of tetrazole rings is 1. The monoisotopic (exact) mass is 394 g/mol. The fourth-order valence-corrected chi connectivity index (χ4v) is 3.68. The summed E-state index contributed by atoms with van der Waals surface area (Å²) in [6.45, 7) is 3.69. The lowest BCUT2D eigenvalue weighted by atomic mass is 10.0. The van der Waals surface area contributed by atoms with Crippen LogP contribution in [0.15, 0.2) is 49.1 Å². The quantitative estimate of drug-likeness (QED) is 0.590. The summed E-state index contributed by atoms with van der Waals surface area (Å²) in [5, 5.41) is 15.1. The van der Waals surface area contributed by atoms with Crippen molar-refractivity contribution < 1.29 is 4.79 Å². The van der Waals surface area contributed by atoms with Crippen molar-refractivity contribution in [3.8, 4) is 0 Å². The van der Waals surface area contributed by atoms with Gasteiger partial charge in [0.1, 0.15) is 6.54 Å². The number of imidazole rings is 1. The summed E-state index contributed by atoms with van der Waals surface area (Å²) >= 11 is 0. The van der Waals surface area contributed by atoms with Gasteiger partial charge in [-0.2, -0.15) is 0 Å². The van der Waals surface area contributed by atoms with Gasteiger partial charge in [0.25, 0.3) is 0 Å². The van der Waals surface area contributed by atoms with E-state index in [0.717, 1.165) is 37.4 Å². The van der Waals surface area contributed by atoms with Crippen LogP contribution >= 0.6 is 0 Å². The Kier molecular flexibility index (Phi) is 6.25. The minimum absolute atomic E-state index is 0.0930. The molecule has 4 rings (SSSR count). The first-order chi connectivity index (χ1) is 14.3. The number of aryl methyl sites for hydroxylation is 1.